The number of rotatable bonds is 3. The summed E-state index contributed by atoms with van der Waals surface area (Å²) < 4.78 is 3.26. The van der Waals surface area contributed by atoms with E-state index in [2.05, 4.69) is 37.0 Å². The molecular weight excluding hydrogens is 379 g/mol. The number of hydrogen-bond donors (Lipinski definition) is 0. The lowest BCUT2D eigenvalue weighted by Gasteiger charge is -1.99. The van der Waals surface area contributed by atoms with Crippen molar-refractivity contribution in [3.05, 3.63) is 36.6 Å². The highest BCUT2D eigenvalue weighted by Crippen LogP contribution is 2.32. The maximum atomic E-state index is 11.9. The molecule has 0 radical (unpaired) electrons. The van der Waals surface area contributed by atoms with Crippen molar-refractivity contribution in [1.29, 1.82) is 0 Å². The average Bonchev–Trinajstić information content (AvgIpc) is 2.73. The van der Waals surface area contributed by atoms with Crippen molar-refractivity contribution in [2.75, 3.05) is 0 Å². The van der Waals surface area contributed by atoms with Crippen molar-refractivity contribution >= 4 is 60.6 Å². The van der Waals surface area contributed by atoms with Gasteiger partial charge in [0.05, 0.1) is 18.8 Å². The molecule has 0 bridgehead atoms. The van der Waals surface area contributed by atoms with Crippen molar-refractivity contribution in [2.45, 2.75) is 6.54 Å². The maximum absolute atomic E-state index is 11.9. The summed E-state index contributed by atoms with van der Waals surface area (Å²) in [5.41, 5.74) is 0.656. The summed E-state index contributed by atoms with van der Waals surface area (Å²) in [6.07, 6.45) is 3.13. The second-order valence-corrected chi connectivity index (χ2v) is 7.20. The lowest BCUT2D eigenvalue weighted by Crippen LogP contribution is -2.10. The van der Waals surface area contributed by atoms with E-state index in [9.17, 15) is 4.79 Å². The lowest BCUT2D eigenvalue weighted by molar-refractivity contribution is 0.0967. The highest BCUT2D eigenvalue weighted by atomic mass is 79.9. The molecule has 0 amide bonds. The predicted molar refractivity (Wildman–Crippen MR) is 71.3 cm³/mol. The van der Waals surface area contributed by atoms with E-state index >= 15 is 0 Å². The summed E-state index contributed by atoms with van der Waals surface area (Å²) in [7, 11) is 0. The van der Waals surface area contributed by atoms with Gasteiger partial charge in [-0.05, 0) is 37.9 Å². The third-order valence-corrected chi connectivity index (χ3v) is 4.40. The molecule has 84 valence electrons. The molecule has 0 unspecified atom stereocenters. The number of hydrogen-bond acceptors (Lipinski definition) is 3. The van der Waals surface area contributed by atoms with Crippen LogP contribution in [0.3, 0.4) is 0 Å². The molecule has 0 fully saturated rings. The van der Waals surface area contributed by atoms with Crippen LogP contribution in [0.4, 0.5) is 0 Å². The smallest absolute Gasteiger partial charge is 0.186 e. The number of ketones is 1. The van der Waals surface area contributed by atoms with Crippen LogP contribution in [0.15, 0.2) is 26.0 Å². The highest BCUT2D eigenvalue weighted by molar-refractivity contribution is 9.12. The van der Waals surface area contributed by atoms with Gasteiger partial charge in [-0.25, -0.2) is 0 Å². The molecular formula is C9H5Br2ClN2OS. The second kappa shape index (κ2) is 5.00. The average molecular weight is 384 g/mol. The molecule has 3 nitrogen and oxygen atoms in total. The Hall–Kier alpha value is -0.170. The fourth-order valence-corrected chi connectivity index (χ4v) is 4.20. The van der Waals surface area contributed by atoms with Gasteiger partial charge >= 0.3 is 0 Å². The minimum absolute atomic E-state index is 0.00593. The zero-order valence-corrected chi connectivity index (χ0v) is 12.5. The Labute approximate surface area is 118 Å². The number of carbonyl (C=O) groups is 1. The van der Waals surface area contributed by atoms with Gasteiger partial charge < -0.3 is 0 Å². The summed E-state index contributed by atoms with van der Waals surface area (Å²) in [4.78, 5) is 11.9. The van der Waals surface area contributed by atoms with Crippen LogP contribution < -0.4 is 0 Å². The van der Waals surface area contributed by atoms with Crippen molar-refractivity contribution in [3.63, 3.8) is 0 Å². The van der Waals surface area contributed by atoms with E-state index in [4.69, 9.17) is 11.6 Å². The van der Waals surface area contributed by atoms with Crippen LogP contribution in [0.2, 0.25) is 5.02 Å². The number of halogens is 3. The molecule has 0 aliphatic heterocycles. The molecule has 2 rings (SSSR count). The minimum atomic E-state index is -0.00593. The summed E-state index contributed by atoms with van der Waals surface area (Å²) in [5.74, 6) is -0.00593. The molecule has 0 atom stereocenters. The highest BCUT2D eigenvalue weighted by Gasteiger charge is 2.14. The van der Waals surface area contributed by atoms with Crippen LogP contribution in [0, 0.1) is 0 Å². The number of Topliss-reactive ketones (excluding diaryl/α,β-unsaturated/α-hetero) is 1. The third kappa shape index (κ3) is 2.74. The molecule has 7 heteroatoms. The Bertz CT molecular complexity index is 537. The van der Waals surface area contributed by atoms with E-state index in [0.717, 1.165) is 7.57 Å². The normalized spacial score (nSPS) is 10.7. The van der Waals surface area contributed by atoms with E-state index in [1.54, 1.807) is 12.3 Å². The molecule has 2 heterocycles. The molecule has 0 saturated heterocycles. The quantitative estimate of drug-likeness (QED) is 0.750. The first-order valence-electron chi connectivity index (χ1n) is 4.22. The molecule has 0 spiro atoms. The lowest BCUT2D eigenvalue weighted by atomic mass is 10.2. The SMILES string of the molecule is O=C(Cn1cc(Cl)cn1)c1cc(Br)sc1Br. The summed E-state index contributed by atoms with van der Waals surface area (Å²) >= 11 is 13.9. The Morgan fingerprint density at radius 2 is 2.31 bits per heavy atom. The number of thiophene rings is 1. The first-order valence-corrected chi connectivity index (χ1v) is 7.00. The zero-order valence-electron chi connectivity index (χ0n) is 7.78. The molecule has 0 saturated carbocycles. The van der Waals surface area contributed by atoms with Crippen LogP contribution in [0.5, 0.6) is 0 Å². The van der Waals surface area contributed by atoms with Crippen molar-refractivity contribution < 1.29 is 4.79 Å². The molecule has 0 N–H and O–H groups in total. The fourth-order valence-electron chi connectivity index (χ4n) is 1.19. The van der Waals surface area contributed by atoms with Gasteiger partial charge in [-0.2, -0.15) is 5.10 Å². The standard InChI is InChI=1S/C9H5Br2ClN2OS/c10-8-1-6(9(11)16-8)7(15)4-14-3-5(12)2-13-14/h1-3H,4H2. The number of nitrogens with zero attached hydrogens (tertiary/aromatic N) is 2. The number of carbonyl (C=O) groups excluding carboxylic acids is 1. The van der Waals surface area contributed by atoms with Crippen molar-refractivity contribution in [3.8, 4) is 0 Å². The fraction of sp³-hybridized carbons (Fsp3) is 0.111. The first-order chi connectivity index (χ1) is 7.56. The van der Waals surface area contributed by atoms with Gasteiger partial charge in [0.25, 0.3) is 0 Å². The van der Waals surface area contributed by atoms with Gasteiger partial charge in [0, 0.05) is 11.8 Å². The van der Waals surface area contributed by atoms with Crippen molar-refractivity contribution in [1.82, 2.24) is 9.78 Å². The monoisotopic (exact) mass is 382 g/mol. The summed E-state index contributed by atoms with van der Waals surface area (Å²) in [5, 5.41) is 4.48. The second-order valence-electron chi connectivity index (χ2n) is 3.02. The van der Waals surface area contributed by atoms with Gasteiger partial charge in [0.15, 0.2) is 5.78 Å². The Balaban J connectivity index is 2.17. The van der Waals surface area contributed by atoms with Crippen LogP contribution >= 0.6 is 54.8 Å². The Morgan fingerprint density at radius 3 is 2.81 bits per heavy atom. The molecule has 16 heavy (non-hydrogen) atoms. The first kappa shape index (κ1) is 12.3. The zero-order chi connectivity index (χ0) is 11.7. The van der Waals surface area contributed by atoms with Gasteiger partial charge in [-0.15, -0.1) is 11.3 Å². The summed E-state index contributed by atoms with van der Waals surface area (Å²) in [6.45, 7) is 0.189. The predicted octanol–water partition coefficient (Wildman–Crippen LogP) is 4.01. The maximum Gasteiger partial charge on any atom is 0.186 e. The van der Waals surface area contributed by atoms with E-state index in [1.807, 2.05) is 0 Å². The van der Waals surface area contributed by atoms with E-state index in [-0.39, 0.29) is 12.3 Å². The van der Waals surface area contributed by atoms with Crippen LogP contribution in [-0.4, -0.2) is 15.6 Å². The number of aromatic nitrogens is 2. The van der Waals surface area contributed by atoms with Crippen LogP contribution in [0.25, 0.3) is 0 Å². The Morgan fingerprint density at radius 1 is 1.56 bits per heavy atom. The van der Waals surface area contributed by atoms with E-state index in [1.165, 1.54) is 22.2 Å². The largest absolute Gasteiger partial charge is 0.292 e. The van der Waals surface area contributed by atoms with Crippen molar-refractivity contribution in [2.24, 2.45) is 0 Å². The Kier molecular flexibility index (Phi) is 3.84. The van der Waals surface area contributed by atoms with Gasteiger partial charge in [-0.1, -0.05) is 11.6 Å². The topological polar surface area (TPSA) is 34.9 Å². The summed E-state index contributed by atoms with van der Waals surface area (Å²) in [6, 6.07) is 1.79. The third-order valence-electron chi connectivity index (χ3n) is 1.86. The van der Waals surface area contributed by atoms with Gasteiger partial charge in [0.2, 0.25) is 0 Å². The van der Waals surface area contributed by atoms with Crippen LogP contribution in [0.1, 0.15) is 10.4 Å². The minimum Gasteiger partial charge on any atom is -0.292 e. The molecule has 2 aromatic heterocycles. The van der Waals surface area contributed by atoms with E-state index < -0.39 is 0 Å². The van der Waals surface area contributed by atoms with Gasteiger partial charge in [0.1, 0.15) is 6.54 Å². The van der Waals surface area contributed by atoms with E-state index in [0.29, 0.717) is 10.6 Å². The molecule has 0 aliphatic rings. The van der Waals surface area contributed by atoms with Crippen LogP contribution in [-0.2, 0) is 6.54 Å². The molecule has 2 aromatic rings. The molecule has 0 aromatic carbocycles. The van der Waals surface area contributed by atoms with Gasteiger partial charge in [-0.3, -0.25) is 9.48 Å². The molecule has 0 aliphatic carbocycles.